The summed E-state index contributed by atoms with van der Waals surface area (Å²) in [7, 11) is 1.71. The van der Waals surface area contributed by atoms with Gasteiger partial charge in [0, 0.05) is 42.0 Å². The molecule has 0 bridgehead atoms. The zero-order chi connectivity index (χ0) is 27.3. The van der Waals surface area contributed by atoms with Crippen LogP contribution in [0.4, 0.5) is 10.5 Å². The number of para-hydroxylation sites is 2. The lowest BCUT2D eigenvalue weighted by molar-refractivity contribution is -0.151. The standard InChI is InChI=1S/C32H34N4O3/c1-19-9-7-10-21(17-19)23-13-8-14-24-25-15-16-36-27(30(25)34-29(23)24)18-26(28(20(2)37)31(36)38)35(3)32(39)33-22-11-5-4-6-12-22/h4-14,17,20,26-28,34,37H,15-16,18H2,1-3H3,(H,33,39)/t20-,26-,27-,28-/m0/s1. The number of aliphatic hydroxyl groups excluding tert-OH is 1. The molecule has 2 aliphatic heterocycles. The third kappa shape index (κ3) is 4.36. The maximum Gasteiger partial charge on any atom is 0.321 e. The molecule has 4 aromatic rings. The molecule has 200 valence electrons. The number of rotatable bonds is 4. The van der Waals surface area contributed by atoms with E-state index in [1.807, 2.05) is 35.2 Å². The number of nitrogens with zero attached hydrogens (tertiary/aromatic N) is 2. The molecule has 1 fully saturated rings. The second kappa shape index (κ2) is 9.89. The van der Waals surface area contributed by atoms with Crippen molar-refractivity contribution in [1.29, 1.82) is 0 Å². The van der Waals surface area contributed by atoms with Crippen molar-refractivity contribution >= 4 is 28.5 Å². The maximum atomic E-state index is 13.8. The van der Waals surface area contributed by atoms with Crippen molar-refractivity contribution in [2.24, 2.45) is 5.92 Å². The van der Waals surface area contributed by atoms with Gasteiger partial charge in [-0.3, -0.25) is 4.79 Å². The van der Waals surface area contributed by atoms with Gasteiger partial charge in [0.2, 0.25) is 5.91 Å². The van der Waals surface area contributed by atoms with Gasteiger partial charge in [0.05, 0.1) is 23.6 Å². The molecule has 7 nitrogen and oxygen atoms in total. The Morgan fingerprint density at radius 2 is 1.87 bits per heavy atom. The van der Waals surface area contributed by atoms with Crippen LogP contribution < -0.4 is 5.32 Å². The molecule has 39 heavy (non-hydrogen) atoms. The third-order valence-electron chi connectivity index (χ3n) is 8.43. The van der Waals surface area contributed by atoms with Gasteiger partial charge in [-0.15, -0.1) is 0 Å². The number of anilines is 1. The second-order valence-corrected chi connectivity index (χ2v) is 10.9. The second-order valence-electron chi connectivity index (χ2n) is 10.9. The number of aliphatic hydroxyl groups is 1. The predicted molar refractivity (Wildman–Crippen MR) is 153 cm³/mol. The summed E-state index contributed by atoms with van der Waals surface area (Å²) in [6.07, 6.45) is 0.406. The van der Waals surface area contributed by atoms with Gasteiger partial charge in [0.15, 0.2) is 0 Å². The third-order valence-corrected chi connectivity index (χ3v) is 8.43. The van der Waals surface area contributed by atoms with Crippen LogP contribution in [0.2, 0.25) is 0 Å². The molecule has 0 saturated carbocycles. The molecular weight excluding hydrogens is 488 g/mol. The van der Waals surface area contributed by atoms with Gasteiger partial charge >= 0.3 is 6.03 Å². The van der Waals surface area contributed by atoms with E-state index in [2.05, 4.69) is 59.7 Å². The van der Waals surface area contributed by atoms with E-state index in [1.165, 1.54) is 16.5 Å². The lowest BCUT2D eigenvalue weighted by Gasteiger charge is -2.48. The van der Waals surface area contributed by atoms with Crippen molar-refractivity contribution in [3.63, 3.8) is 0 Å². The van der Waals surface area contributed by atoms with E-state index in [-0.39, 0.29) is 18.0 Å². The van der Waals surface area contributed by atoms with E-state index in [1.54, 1.807) is 18.9 Å². The topological polar surface area (TPSA) is 88.7 Å². The minimum absolute atomic E-state index is 0.103. The van der Waals surface area contributed by atoms with Crippen LogP contribution in [0, 0.1) is 12.8 Å². The zero-order valence-electron chi connectivity index (χ0n) is 22.5. The van der Waals surface area contributed by atoms with Crippen molar-refractivity contribution < 1.29 is 14.7 Å². The summed E-state index contributed by atoms with van der Waals surface area (Å²) in [5.74, 6) is -0.796. The summed E-state index contributed by atoms with van der Waals surface area (Å²) < 4.78 is 0. The fourth-order valence-corrected chi connectivity index (χ4v) is 6.50. The first-order chi connectivity index (χ1) is 18.8. The van der Waals surface area contributed by atoms with Crippen molar-refractivity contribution in [3.8, 4) is 11.1 Å². The number of H-pyrrole nitrogens is 1. The molecule has 0 aliphatic carbocycles. The van der Waals surface area contributed by atoms with E-state index in [0.29, 0.717) is 18.7 Å². The van der Waals surface area contributed by atoms with Crippen LogP contribution in [0.25, 0.3) is 22.0 Å². The number of nitrogens with one attached hydrogen (secondary N) is 2. The van der Waals surface area contributed by atoms with Gasteiger partial charge < -0.3 is 25.2 Å². The molecular formula is C32H34N4O3. The van der Waals surface area contributed by atoms with Crippen molar-refractivity contribution in [2.75, 3.05) is 18.9 Å². The molecule has 2 aliphatic rings. The van der Waals surface area contributed by atoms with Crippen LogP contribution >= 0.6 is 0 Å². The number of urea groups is 1. The minimum Gasteiger partial charge on any atom is -0.393 e. The Bertz CT molecular complexity index is 1540. The molecule has 3 heterocycles. The SMILES string of the molecule is Cc1cccc(-c2cccc3c4c([nH]c23)[C@@H]2C[C@H](N(C)C(=O)Nc3ccccc3)[C@H]([C@H](C)O)C(=O)N2CC4)c1. The Balaban J connectivity index is 1.38. The molecule has 6 rings (SSSR count). The zero-order valence-corrected chi connectivity index (χ0v) is 22.5. The number of amides is 3. The van der Waals surface area contributed by atoms with Crippen molar-refractivity contribution in [3.05, 3.63) is 89.6 Å². The number of aryl methyl sites for hydroxylation is 1. The molecule has 0 radical (unpaired) electrons. The molecule has 3 aromatic carbocycles. The number of fused-ring (bicyclic) bond motifs is 5. The highest BCUT2D eigenvalue weighted by Crippen LogP contribution is 2.44. The predicted octanol–water partition coefficient (Wildman–Crippen LogP) is 5.50. The fraction of sp³-hybridized carbons (Fsp3) is 0.312. The van der Waals surface area contributed by atoms with Gasteiger partial charge in [-0.2, -0.15) is 0 Å². The Morgan fingerprint density at radius 3 is 2.62 bits per heavy atom. The van der Waals surface area contributed by atoms with Gasteiger partial charge in [-0.25, -0.2) is 4.79 Å². The molecule has 1 saturated heterocycles. The summed E-state index contributed by atoms with van der Waals surface area (Å²) in [6, 6.07) is 23.2. The first-order valence-corrected chi connectivity index (χ1v) is 13.6. The molecule has 1 aromatic heterocycles. The molecule has 3 amide bonds. The number of aromatic amines is 1. The Labute approximate surface area is 228 Å². The minimum atomic E-state index is -0.882. The van der Waals surface area contributed by atoms with Crippen LogP contribution in [-0.2, 0) is 11.2 Å². The van der Waals surface area contributed by atoms with Gasteiger partial charge in [0.1, 0.15) is 0 Å². The highest BCUT2D eigenvalue weighted by Gasteiger charge is 2.49. The summed E-state index contributed by atoms with van der Waals surface area (Å²) in [5, 5.41) is 14.8. The summed E-state index contributed by atoms with van der Waals surface area (Å²) in [6.45, 7) is 4.33. The number of carbonyl (C=O) groups excluding carboxylic acids is 2. The Hall–Kier alpha value is -4.10. The monoisotopic (exact) mass is 522 g/mol. The lowest BCUT2D eigenvalue weighted by atomic mass is 9.79. The van der Waals surface area contributed by atoms with Crippen LogP contribution in [0.5, 0.6) is 0 Å². The van der Waals surface area contributed by atoms with Crippen LogP contribution in [0.1, 0.15) is 36.2 Å². The number of aromatic nitrogens is 1. The van der Waals surface area contributed by atoms with E-state index in [9.17, 15) is 14.7 Å². The van der Waals surface area contributed by atoms with Gasteiger partial charge in [0.25, 0.3) is 0 Å². The average Bonchev–Trinajstić information content (AvgIpc) is 3.32. The van der Waals surface area contributed by atoms with Crippen LogP contribution in [0.15, 0.2) is 72.8 Å². The maximum absolute atomic E-state index is 13.8. The number of piperidine rings is 1. The van der Waals surface area contributed by atoms with Crippen LogP contribution in [0.3, 0.4) is 0 Å². The highest BCUT2D eigenvalue weighted by molar-refractivity contribution is 5.98. The van der Waals surface area contributed by atoms with E-state index < -0.39 is 18.1 Å². The normalized spacial score (nSPS) is 21.3. The average molecular weight is 523 g/mol. The molecule has 0 unspecified atom stereocenters. The quantitative estimate of drug-likeness (QED) is 0.331. The Kier molecular flexibility index (Phi) is 6.39. The van der Waals surface area contributed by atoms with Crippen LogP contribution in [-0.4, -0.2) is 57.6 Å². The van der Waals surface area contributed by atoms with E-state index in [0.717, 1.165) is 28.8 Å². The molecule has 3 N–H and O–H groups in total. The lowest BCUT2D eigenvalue weighted by Crippen LogP contribution is -2.60. The van der Waals surface area contributed by atoms with Crippen molar-refractivity contribution in [2.45, 2.75) is 44.9 Å². The van der Waals surface area contributed by atoms with Gasteiger partial charge in [-0.1, -0.05) is 66.2 Å². The number of hydrogen-bond donors (Lipinski definition) is 3. The van der Waals surface area contributed by atoms with Crippen molar-refractivity contribution in [1.82, 2.24) is 14.8 Å². The first kappa shape index (κ1) is 25.2. The molecule has 0 spiro atoms. The number of hydrogen-bond acceptors (Lipinski definition) is 3. The summed E-state index contributed by atoms with van der Waals surface area (Å²) in [4.78, 5) is 34.3. The number of benzene rings is 3. The molecule has 4 atom stereocenters. The van der Waals surface area contributed by atoms with Gasteiger partial charge in [-0.05, 0) is 49.9 Å². The summed E-state index contributed by atoms with van der Waals surface area (Å²) >= 11 is 0. The van der Waals surface area contributed by atoms with E-state index >= 15 is 0 Å². The molecule has 7 heteroatoms. The summed E-state index contributed by atoms with van der Waals surface area (Å²) in [5.41, 5.74) is 7.53. The number of carbonyl (C=O) groups is 2. The smallest absolute Gasteiger partial charge is 0.321 e. The Morgan fingerprint density at radius 1 is 1.10 bits per heavy atom. The van der Waals surface area contributed by atoms with E-state index in [4.69, 9.17) is 0 Å². The highest BCUT2D eigenvalue weighted by atomic mass is 16.3. The largest absolute Gasteiger partial charge is 0.393 e. The first-order valence-electron chi connectivity index (χ1n) is 13.6. The fourth-order valence-electron chi connectivity index (χ4n) is 6.50.